The van der Waals surface area contributed by atoms with E-state index in [1.807, 2.05) is 10.9 Å². The number of carbonyl (C=O) groups is 1. The van der Waals surface area contributed by atoms with Crippen molar-refractivity contribution in [2.24, 2.45) is 0 Å². The zero-order valence-electron chi connectivity index (χ0n) is 14.0. The Balaban J connectivity index is 1.94. The van der Waals surface area contributed by atoms with Gasteiger partial charge in [0, 0.05) is 11.3 Å². The van der Waals surface area contributed by atoms with E-state index in [4.69, 9.17) is 0 Å². The first-order valence-electron chi connectivity index (χ1n) is 8.19. The second-order valence-corrected chi connectivity index (χ2v) is 6.22. The molecule has 23 heavy (non-hydrogen) atoms. The molecule has 0 saturated carbocycles. The Morgan fingerprint density at radius 3 is 3.00 bits per heavy atom. The van der Waals surface area contributed by atoms with Crippen LogP contribution in [0.2, 0.25) is 0 Å². The van der Waals surface area contributed by atoms with E-state index in [9.17, 15) is 4.79 Å². The van der Waals surface area contributed by atoms with E-state index in [-0.39, 0.29) is 11.9 Å². The Hall–Kier alpha value is -2.14. The predicted octanol–water partition coefficient (Wildman–Crippen LogP) is 2.20. The molecular formula is C18H24N4O. The van der Waals surface area contributed by atoms with E-state index in [0.29, 0.717) is 6.54 Å². The summed E-state index contributed by atoms with van der Waals surface area (Å²) in [5.41, 5.74) is 6.02. The maximum atomic E-state index is 11.9. The van der Waals surface area contributed by atoms with E-state index < -0.39 is 0 Å². The fourth-order valence-corrected chi connectivity index (χ4v) is 3.29. The molecule has 2 aromatic rings. The van der Waals surface area contributed by atoms with Gasteiger partial charge in [0.25, 0.3) is 0 Å². The number of aromatic nitrogens is 2. The van der Waals surface area contributed by atoms with Gasteiger partial charge in [-0.2, -0.15) is 5.10 Å². The molecular weight excluding hydrogens is 288 g/mol. The molecule has 5 nitrogen and oxygen atoms in total. The van der Waals surface area contributed by atoms with Gasteiger partial charge in [0.1, 0.15) is 0 Å². The van der Waals surface area contributed by atoms with Crippen LogP contribution >= 0.6 is 0 Å². The van der Waals surface area contributed by atoms with Crippen LogP contribution in [0.1, 0.15) is 41.3 Å². The summed E-state index contributed by atoms with van der Waals surface area (Å²) >= 11 is 0. The van der Waals surface area contributed by atoms with Crippen molar-refractivity contribution in [3.05, 3.63) is 46.8 Å². The van der Waals surface area contributed by atoms with Crippen LogP contribution in [0.25, 0.3) is 5.69 Å². The van der Waals surface area contributed by atoms with E-state index in [0.717, 1.165) is 30.5 Å². The summed E-state index contributed by atoms with van der Waals surface area (Å²) in [7, 11) is 1.78. The minimum absolute atomic E-state index is 0.0323. The molecule has 1 atom stereocenters. The van der Waals surface area contributed by atoms with Gasteiger partial charge in [0.2, 0.25) is 5.91 Å². The molecule has 1 aliphatic carbocycles. The molecule has 1 aromatic carbocycles. The van der Waals surface area contributed by atoms with E-state index in [1.165, 1.54) is 16.8 Å². The number of hydrogen-bond acceptors (Lipinski definition) is 3. The van der Waals surface area contributed by atoms with Crippen molar-refractivity contribution in [1.82, 2.24) is 20.4 Å². The predicted molar refractivity (Wildman–Crippen MR) is 90.8 cm³/mol. The number of aryl methyl sites for hydroxylation is 1. The zero-order chi connectivity index (χ0) is 16.4. The highest BCUT2D eigenvalue weighted by atomic mass is 16.1. The average Bonchev–Trinajstić information content (AvgIpc) is 2.95. The molecule has 1 aliphatic rings. The number of likely N-dealkylation sites (N-methyl/N-ethyl adjacent to an activating group) is 1. The number of nitrogens with one attached hydrogen (secondary N) is 2. The normalized spacial score (nSPS) is 16.9. The van der Waals surface area contributed by atoms with Crippen LogP contribution < -0.4 is 10.6 Å². The molecule has 0 bridgehead atoms. The lowest BCUT2D eigenvalue weighted by Gasteiger charge is -2.24. The molecule has 5 heteroatoms. The Labute approximate surface area is 137 Å². The van der Waals surface area contributed by atoms with Crippen molar-refractivity contribution in [2.75, 3.05) is 13.6 Å². The topological polar surface area (TPSA) is 59.0 Å². The third-order valence-corrected chi connectivity index (χ3v) is 4.66. The first kappa shape index (κ1) is 15.7. The molecule has 1 unspecified atom stereocenters. The monoisotopic (exact) mass is 312 g/mol. The number of amides is 1. The number of hydrogen-bond donors (Lipinski definition) is 2. The summed E-state index contributed by atoms with van der Waals surface area (Å²) < 4.78 is 2.05. The van der Waals surface area contributed by atoms with Gasteiger partial charge < -0.3 is 10.6 Å². The molecule has 1 aromatic heterocycles. The largest absolute Gasteiger partial charge is 0.348 e. The van der Waals surface area contributed by atoms with Gasteiger partial charge in [-0.1, -0.05) is 12.1 Å². The zero-order valence-corrected chi connectivity index (χ0v) is 14.0. The van der Waals surface area contributed by atoms with E-state index in [1.54, 1.807) is 7.05 Å². The van der Waals surface area contributed by atoms with Crippen molar-refractivity contribution in [3.63, 3.8) is 0 Å². The molecule has 122 valence electrons. The van der Waals surface area contributed by atoms with Gasteiger partial charge in [0.05, 0.1) is 24.5 Å². The summed E-state index contributed by atoms with van der Waals surface area (Å²) in [4.78, 5) is 11.9. The molecule has 2 N–H and O–H groups in total. The van der Waals surface area contributed by atoms with Gasteiger partial charge in [-0.05, 0) is 57.4 Å². The number of rotatable bonds is 4. The van der Waals surface area contributed by atoms with Crippen molar-refractivity contribution >= 4 is 5.91 Å². The number of carbonyl (C=O) groups excluding carboxylic acids is 1. The summed E-state index contributed by atoms with van der Waals surface area (Å²) in [6, 6.07) is 6.37. The fraction of sp³-hybridized carbons (Fsp3) is 0.444. The highest BCUT2D eigenvalue weighted by molar-refractivity contribution is 5.78. The minimum Gasteiger partial charge on any atom is -0.348 e. The van der Waals surface area contributed by atoms with Crippen LogP contribution in [-0.4, -0.2) is 29.3 Å². The average molecular weight is 312 g/mol. The lowest BCUT2D eigenvalue weighted by atomic mass is 9.92. The Morgan fingerprint density at radius 2 is 2.22 bits per heavy atom. The molecule has 1 heterocycles. The summed E-state index contributed by atoms with van der Waals surface area (Å²) in [5, 5.41) is 10.6. The first-order valence-corrected chi connectivity index (χ1v) is 8.19. The maximum Gasteiger partial charge on any atom is 0.234 e. The Morgan fingerprint density at radius 1 is 1.39 bits per heavy atom. The molecule has 0 aliphatic heterocycles. The Bertz CT molecular complexity index is 720. The summed E-state index contributed by atoms with van der Waals surface area (Å²) in [5.74, 6) is 0.0323. The quantitative estimate of drug-likeness (QED) is 0.910. The van der Waals surface area contributed by atoms with Crippen LogP contribution in [0.4, 0.5) is 0 Å². The second-order valence-electron chi connectivity index (χ2n) is 6.22. The van der Waals surface area contributed by atoms with Crippen LogP contribution in [-0.2, 0) is 11.2 Å². The molecule has 0 spiro atoms. The molecule has 3 rings (SSSR count). The lowest BCUT2D eigenvalue weighted by molar-refractivity contribution is -0.121. The Kier molecular flexibility index (Phi) is 4.48. The first-order chi connectivity index (χ1) is 11.1. The maximum absolute atomic E-state index is 11.9. The summed E-state index contributed by atoms with van der Waals surface area (Å²) in [6.45, 7) is 4.60. The van der Waals surface area contributed by atoms with E-state index in [2.05, 4.69) is 47.8 Å². The third kappa shape index (κ3) is 3.01. The van der Waals surface area contributed by atoms with Gasteiger partial charge in [-0.3, -0.25) is 4.79 Å². The van der Waals surface area contributed by atoms with Crippen molar-refractivity contribution in [2.45, 2.75) is 39.2 Å². The molecule has 0 radical (unpaired) electrons. The van der Waals surface area contributed by atoms with Crippen molar-refractivity contribution < 1.29 is 4.79 Å². The van der Waals surface area contributed by atoms with Crippen LogP contribution in [0, 0.1) is 13.8 Å². The van der Waals surface area contributed by atoms with Crippen LogP contribution in [0.5, 0.6) is 0 Å². The fourth-order valence-electron chi connectivity index (χ4n) is 3.29. The number of fused-ring (bicyclic) bond motifs is 1. The standard InChI is InChI=1S/C18H24N4O/c1-12-6-4-8-16(13(12)2)22-17-9-5-7-15(14(17)10-20-22)21-18(23)11-19-3/h4,6,8,10,15,19H,5,7,9,11H2,1-3H3,(H,21,23). The van der Waals surface area contributed by atoms with Crippen LogP contribution in [0.15, 0.2) is 24.4 Å². The highest BCUT2D eigenvalue weighted by Crippen LogP contribution is 2.31. The number of benzene rings is 1. The van der Waals surface area contributed by atoms with Crippen molar-refractivity contribution in [1.29, 1.82) is 0 Å². The highest BCUT2D eigenvalue weighted by Gasteiger charge is 2.26. The van der Waals surface area contributed by atoms with E-state index >= 15 is 0 Å². The van der Waals surface area contributed by atoms with Gasteiger partial charge in [-0.15, -0.1) is 0 Å². The van der Waals surface area contributed by atoms with Gasteiger partial charge >= 0.3 is 0 Å². The minimum atomic E-state index is 0.0323. The SMILES string of the molecule is CNCC(=O)NC1CCCc2c1cnn2-c1cccc(C)c1C. The van der Waals surface area contributed by atoms with Crippen LogP contribution in [0.3, 0.4) is 0 Å². The molecule has 0 fully saturated rings. The summed E-state index contributed by atoms with van der Waals surface area (Å²) in [6.07, 6.45) is 4.96. The number of nitrogens with zero attached hydrogens (tertiary/aromatic N) is 2. The molecule has 0 saturated heterocycles. The van der Waals surface area contributed by atoms with Gasteiger partial charge in [0.15, 0.2) is 0 Å². The lowest BCUT2D eigenvalue weighted by Crippen LogP contribution is -2.36. The third-order valence-electron chi connectivity index (χ3n) is 4.66. The second kappa shape index (κ2) is 6.54. The van der Waals surface area contributed by atoms with Crippen molar-refractivity contribution in [3.8, 4) is 5.69 Å². The van der Waals surface area contributed by atoms with Gasteiger partial charge in [-0.25, -0.2) is 4.68 Å². The molecule has 1 amide bonds. The smallest absolute Gasteiger partial charge is 0.234 e.